The Hall–Kier alpha value is -0.610. The van der Waals surface area contributed by atoms with E-state index < -0.39 is 0 Å². The molecule has 0 spiro atoms. The summed E-state index contributed by atoms with van der Waals surface area (Å²) in [5.74, 6) is 0.150. The number of hydrogen-bond acceptors (Lipinski definition) is 3. The zero-order valence-corrected chi connectivity index (χ0v) is 10.2. The van der Waals surface area contributed by atoms with Crippen LogP contribution in [0.15, 0.2) is 0 Å². The van der Waals surface area contributed by atoms with Crippen LogP contribution < -0.4 is 5.32 Å². The second kappa shape index (κ2) is 7.63. The quantitative estimate of drug-likeness (QED) is 0.705. The largest absolute Gasteiger partial charge is 0.395 e. The molecule has 1 amide bonds. The summed E-state index contributed by atoms with van der Waals surface area (Å²) in [6, 6.07) is 0.407. The predicted molar refractivity (Wildman–Crippen MR) is 64.2 cm³/mol. The van der Waals surface area contributed by atoms with Crippen molar-refractivity contribution in [1.29, 1.82) is 0 Å². The number of likely N-dealkylation sites (N-methyl/N-ethyl adjacent to an activating group) is 1. The second-order valence-corrected chi connectivity index (χ2v) is 4.68. The molecule has 0 unspecified atom stereocenters. The van der Waals surface area contributed by atoms with E-state index in [2.05, 4.69) is 5.32 Å². The molecule has 1 saturated carbocycles. The van der Waals surface area contributed by atoms with E-state index in [1.165, 1.54) is 19.3 Å². The Kier molecular flexibility index (Phi) is 6.42. The van der Waals surface area contributed by atoms with E-state index in [0.717, 1.165) is 19.4 Å². The van der Waals surface area contributed by atoms with Gasteiger partial charge in [-0.15, -0.1) is 0 Å². The van der Waals surface area contributed by atoms with Crippen molar-refractivity contribution in [1.82, 2.24) is 10.2 Å². The number of rotatable bonds is 6. The summed E-state index contributed by atoms with van der Waals surface area (Å²) in [5.41, 5.74) is 0. The van der Waals surface area contributed by atoms with Crippen molar-refractivity contribution in [2.45, 2.75) is 44.6 Å². The standard InChI is InChI=1S/C12H24N2O2/c1-14(9-10-15)8-7-12(16)13-11-5-3-2-4-6-11/h11,15H,2-10H2,1H3,(H,13,16). The van der Waals surface area contributed by atoms with Gasteiger partial charge in [-0.25, -0.2) is 0 Å². The van der Waals surface area contributed by atoms with Crippen LogP contribution in [0.25, 0.3) is 0 Å². The fourth-order valence-corrected chi connectivity index (χ4v) is 2.12. The van der Waals surface area contributed by atoms with E-state index in [1.807, 2.05) is 11.9 Å². The number of aliphatic hydroxyl groups is 1. The summed E-state index contributed by atoms with van der Waals surface area (Å²) in [5, 5.41) is 11.8. The van der Waals surface area contributed by atoms with Gasteiger partial charge >= 0.3 is 0 Å². The summed E-state index contributed by atoms with van der Waals surface area (Å²) >= 11 is 0. The Morgan fingerprint density at radius 1 is 1.31 bits per heavy atom. The third-order valence-electron chi connectivity index (χ3n) is 3.17. The Bertz CT molecular complexity index is 203. The van der Waals surface area contributed by atoms with Crippen molar-refractivity contribution in [3.63, 3.8) is 0 Å². The fourth-order valence-electron chi connectivity index (χ4n) is 2.12. The molecule has 1 aliphatic carbocycles. The number of amides is 1. The summed E-state index contributed by atoms with van der Waals surface area (Å²) < 4.78 is 0. The lowest BCUT2D eigenvalue weighted by atomic mass is 9.95. The number of carbonyl (C=O) groups excluding carboxylic acids is 1. The highest BCUT2D eigenvalue weighted by atomic mass is 16.3. The maximum atomic E-state index is 11.6. The molecule has 0 aromatic rings. The van der Waals surface area contributed by atoms with E-state index in [-0.39, 0.29) is 12.5 Å². The Morgan fingerprint density at radius 3 is 2.62 bits per heavy atom. The molecule has 0 aromatic carbocycles. The zero-order valence-electron chi connectivity index (χ0n) is 10.2. The van der Waals surface area contributed by atoms with Gasteiger partial charge in [-0.2, -0.15) is 0 Å². The van der Waals surface area contributed by atoms with Crippen LogP contribution in [0.3, 0.4) is 0 Å². The molecule has 1 aliphatic rings. The van der Waals surface area contributed by atoms with Crippen LogP contribution in [0.4, 0.5) is 0 Å². The molecule has 16 heavy (non-hydrogen) atoms. The van der Waals surface area contributed by atoms with Crippen molar-refractivity contribution in [3.05, 3.63) is 0 Å². The first-order chi connectivity index (χ1) is 7.72. The first-order valence-electron chi connectivity index (χ1n) is 6.31. The molecular formula is C12H24N2O2. The molecule has 0 bridgehead atoms. The molecule has 2 N–H and O–H groups in total. The van der Waals surface area contributed by atoms with E-state index in [9.17, 15) is 4.79 Å². The molecule has 4 nitrogen and oxygen atoms in total. The van der Waals surface area contributed by atoms with Crippen molar-refractivity contribution >= 4 is 5.91 Å². The van der Waals surface area contributed by atoms with Crippen molar-refractivity contribution in [2.75, 3.05) is 26.7 Å². The smallest absolute Gasteiger partial charge is 0.221 e. The first-order valence-corrected chi connectivity index (χ1v) is 6.31. The first kappa shape index (κ1) is 13.5. The molecular weight excluding hydrogens is 204 g/mol. The maximum absolute atomic E-state index is 11.6. The zero-order chi connectivity index (χ0) is 11.8. The number of hydrogen-bond donors (Lipinski definition) is 2. The van der Waals surface area contributed by atoms with E-state index in [0.29, 0.717) is 19.0 Å². The average Bonchev–Trinajstić information content (AvgIpc) is 2.28. The van der Waals surface area contributed by atoms with Crippen molar-refractivity contribution in [2.24, 2.45) is 0 Å². The molecule has 4 heteroatoms. The Morgan fingerprint density at radius 2 is 2.00 bits per heavy atom. The molecule has 0 heterocycles. The highest BCUT2D eigenvalue weighted by Crippen LogP contribution is 2.17. The molecule has 1 rings (SSSR count). The predicted octanol–water partition coefficient (Wildman–Crippen LogP) is 0.749. The number of carbonyl (C=O) groups is 1. The number of aliphatic hydroxyl groups excluding tert-OH is 1. The van der Waals surface area contributed by atoms with Gasteiger partial charge in [-0.3, -0.25) is 4.79 Å². The lowest BCUT2D eigenvalue weighted by molar-refractivity contribution is -0.122. The molecule has 0 atom stereocenters. The minimum absolute atomic E-state index is 0.150. The maximum Gasteiger partial charge on any atom is 0.221 e. The van der Waals surface area contributed by atoms with Gasteiger partial charge in [0.15, 0.2) is 0 Å². The summed E-state index contributed by atoms with van der Waals surface area (Å²) in [6.45, 7) is 1.51. The van der Waals surface area contributed by atoms with Gasteiger partial charge in [0, 0.05) is 25.6 Å². The van der Waals surface area contributed by atoms with Gasteiger partial charge in [0.05, 0.1) is 6.61 Å². The van der Waals surface area contributed by atoms with Crippen LogP contribution >= 0.6 is 0 Å². The minimum Gasteiger partial charge on any atom is -0.395 e. The molecule has 0 radical (unpaired) electrons. The third kappa shape index (κ3) is 5.47. The van der Waals surface area contributed by atoms with E-state index in [4.69, 9.17) is 5.11 Å². The third-order valence-corrected chi connectivity index (χ3v) is 3.17. The lowest BCUT2D eigenvalue weighted by Gasteiger charge is -2.23. The van der Waals surface area contributed by atoms with Crippen LogP contribution in [-0.2, 0) is 4.79 Å². The highest BCUT2D eigenvalue weighted by Gasteiger charge is 2.15. The number of nitrogens with zero attached hydrogens (tertiary/aromatic N) is 1. The fraction of sp³-hybridized carbons (Fsp3) is 0.917. The van der Waals surface area contributed by atoms with Gasteiger partial charge in [-0.1, -0.05) is 19.3 Å². The van der Waals surface area contributed by atoms with Crippen molar-refractivity contribution < 1.29 is 9.90 Å². The summed E-state index contributed by atoms with van der Waals surface area (Å²) in [4.78, 5) is 13.6. The van der Waals surface area contributed by atoms with Gasteiger partial charge in [0.1, 0.15) is 0 Å². The van der Waals surface area contributed by atoms with E-state index in [1.54, 1.807) is 0 Å². The van der Waals surface area contributed by atoms with Gasteiger partial charge in [0.25, 0.3) is 0 Å². The average molecular weight is 228 g/mol. The van der Waals surface area contributed by atoms with Crippen LogP contribution in [0.5, 0.6) is 0 Å². The molecule has 94 valence electrons. The Balaban J connectivity index is 2.10. The van der Waals surface area contributed by atoms with Gasteiger partial charge in [0.2, 0.25) is 5.91 Å². The van der Waals surface area contributed by atoms with Crippen LogP contribution in [-0.4, -0.2) is 48.7 Å². The van der Waals surface area contributed by atoms with Crippen LogP contribution in [0.1, 0.15) is 38.5 Å². The molecule has 1 fully saturated rings. The Labute approximate surface area is 98.0 Å². The number of nitrogens with one attached hydrogen (secondary N) is 1. The summed E-state index contributed by atoms with van der Waals surface area (Å²) in [6.07, 6.45) is 6.61. The molecule has 0 saturated heterocycles. The summed E-state index contributed by atoms with van der Waals surface area (Å²) in [7, 11) is 1.92. The van der Waals surface area contributed by atoms with E-state index >= 15 is 0 Å². The second-order valence-electron chi connectivity index (χ2n) is 4.68. The minimum atomic E-state index is 0.150. The van der Waals surface area contributed by atoms with Gasteiger partial charge < -0.3 is 15.3 Å². The van der Waals surface area contributed by atoms with Crippen molar-refractivity contribution in [3.8, 4) is 0 Å². The molecule has 0 aromatic heterocycles. The topological polar surface area (TPSA) is 52.6 Å². The lowest BCUT2D eigenvalue weighted by Crippen LogP contribution is -2.38. The normalized spacial score (nSPS) is 17.7. The highest BCUT2D eigenvalue weighted by molar-refractivity contribution is 5.76. The SMILES string of the molecule is CN(CCO)CCC(=O)NC1CCCCC1. The van der Waals surface area contributed by atoms with Crippen LogP contribution in [0, 0.1) is 0 Å². The van der Waals surface area contributed by atoms with Crippen LogP contribution in [0.2, 0.25) is 0 Å². The molecule has 0 aliphatic heterocycles. The monoisotopic (exact) mass is 228 g/mol. The van der Waals surface area contributed by atoms with Gasteiger partial charge in [-0.05, 0) is 19.9 Å².